The number of rotatable bonds is 7. The topological polar surface area (TPSA) is 80.0 Å². The van der Waals surface area contributed by atoms with E-state index in [-0.39, 0.29) is 5.91 Å². The average molecular weight is 306 g/mol. The van der Waals surface area contributed by atoms with Crippen LogP contribution >= 0.6 is 11.3 Å². The van der Waals surface area contributed by atoms with E-state index in [0.717, 1.165) is 23.5 Å². The summed E-state index contributed by atoms with van der Waals surface area (Å²) in [4.78, 5) is 17.1. The molecule has 0 bridgehead atoms. The van der Waals surface area contributed by atoms with Crippen LogP contribution in [0.4, 0.5) is 10.9 Å². The van der Waals surface area contributed by atoms with Crippen LogP contribution in [-0.4, -0.2) is 23.5 Å². The fourth-order valence-electron chi connectivity index (χ4n) is 3.02. The lowest BCUT2D eigenvalue weighted by atomic mass is 9.98. The molecule has 3 aliphatic carbocycles. The Balaban J connectivity index is 1.36. The Morgan fingerprint density at radius 1 is 1.24 bits per heavy atom. The Labute approximate surface area is 128 Å². The van der Waals surface area contributed by atoms with Crippen molar-refractivity contribution in [2.24, 2.45) is 17.8 Å². The van der Waals surface area contributed by atoms with Gasteiger partial charge < -0.3 is 16.4 Å². The number of hydrogen-bond acceptors (Lipinski definition) is 5. The van der Waals surface area contributed by atoms with Crippen molar-refractivity contribution in [2.45, 2.75) is 44.6 Å². The second kappa shape index (κ2) is 5.16. The van der Waals surface area contributed by atoms with Crippen LogP contribution in [0.15, 0.2) is 0 Å². The smallest absolute Gasteiger partial charge is 0.265 e. The van der Waals surface area contributed by atoms with Crippen molar-refractivity contribution in [3.63, 3.8) is 0 Å². The molecule has 21 heavy (non-hydrogen) atoms. The van der Waals surface area contributed by atoms with Crippen LogP contribution < -0.4 is 16.4 Å². The molecule has 0 aliphatic heterocycles. The Hall–Kier alpha value is -1.30. The quantitative estimate of drug-likeness (QED) is 0.723. The van der Waals surface area contributed by atoms with Gasteiger partial charge in [-0.05, 0) is 56.3 Å². The molecule has 1 aromatic heterocycles. The van der Waals surface area contributed by atoms with E-state index in [1.165, 1.54) is 49.9 Å². The highest BCUT2D eigenvalue weighted by Gasteiger charge is 2.41. The number of nitrogens with one attached hydrogen (secondary N) is 2. The highest BCUT2D eigenvalue weighted by molar-refractivity contribution is 7.18. The van der Waals surface area contributed by atoms with E-state index in [2.05, 4.69) is 15.6 Å². The Bertz CT molecular complexity index is 534. The third kappa shape index (κ3) is 3.15. The van der Waals surface area contributed by atoms with Gasteiger partial charge in [-0.15, -0.1) is 0 Å². The van der Waals surface area contributed by atoms with Crippen molar-refractivity contribution in [1.82, 2.24) is 10.3 Å². The number of nitrogen functional groups attached to an aromatic ring is 1. The maximum absolute atomic E-state index is 12.3. The van der Waals surface area contributed by atoms with Gasteiger partial charge in [-0.1, -0.05) is 11.3 Å². The fraction of sp³-hybridized carbons (Fsp3) is 0.733. The number of carbonyl (C=O) groups excluding carboxylic acids is 1. The third-order valence-electron chi connectivity index (χ3n) is 4.72. The lowest BCUT2D eigenvalue weighted by Crippen LogP contribution is -2.31. The normalized spacial score (nSPS) is 21.6. The molecule has 0 atom stereocenters. The van der Waals surface area contributed by atoms with E-state index in [1.807, 2.05) is 0 Å². The van der Waals surface area contributed by atoms with Gasteiger partial charge >= 0.3 is 0 Å². The van der Waals surface area contributed by atoms with Crippen LogP contribution in [0.1, 0.15) is 48.2 Å². The minimum atomic E-state index is -0.0554. The molecule has 4 rings (SSSR count). The van der Waals surface area contributed by atoms with Crippen molar-refractivity contribution in [1.29, 1.82) is 0 Å². The Morgan fingerprint density at radius 2 is 1.90 bits per heavy atom. The van der Waals surface area contributed by atoms with E-state index in [0.29, 0.717) is 22.7 Å². The van der Waals surface area contributed by atoms with Crippen LogP contribution in [0.3, 0.4) is 0 Å². The standard InChI is InChI=1S/C15H22N4OS/c16-13-12(21-15(19-13)18-10-5-6-10)14(20)17-7-11(8-1-2-8)9-3-4-9/h8-11H,1-7,16H2,(H,17,20)(H,18,19). The van der Waals surface area contributed by atoms with Crippen LogP contribution in [0, 0.1) is 17.8 Å². The lowest BCUT2D eigenvalue weighted by Gasteiger charge is -2.15. The zero-order valence-electron chi connectivity index (χ0n) is 12.1. The third-order valence-corrected chi connectivity index (χ3v) is 5.72. The largest absolute Gasteiger partial charge is 0.382 e. The summed E-state index contributed by atoms with van der Waals surface area (Å²) < 4.78 is 0. The average Bonchev–Trinajstić information content (AvgIpc) is 3.31. The molecule has 5 nitrogen and oxygen atoms in total. The first-order chi connectivity index (χ1) is 10.2. The number of nitrogens with zero attached hydrogens (tertiary/aromatic N) is 1. The number of anilines is 2. The number of carbonyl (C=O) groups is 1. The summed E-state index contributed by atoms with van der Waals surface area (Å²) in [5.74, 6) is 2.69. The summed E-state index contributed by atoms with van der Waals surface area (Å²) in [6.45, 7) is 0.802. The van der Waals surface area contributed by atoms with E-state index < -0.39 is 0 Å². The maximum Gasteiger partial charge on any atom is 0.265 e. The Kier molecular flexibility index (Phi) is 3.28. The molecule has 0 spiro atoms. The number of hydrogen-bond donors (Lipinski definition) is 3. The molecule has 0 aromatic carbocycles. The molecule has 4 N–H and O–H groups in total. The second-order valence-corrected chi connectivity index (χ2v) is 7.70. The minimum Gasteiger partial charge on any atom is -0.382 e. The molecule has 1 amide bonds. The first-order valence-electron chi connectivity index (χ1n) is 8.01. The maximum atomic E-state index is 12.3. The highest BCUT2D eigenvalue weighted by Crippen LogP contribution is 2.48. The Morgan fingerprint density at radius 3 is 2.48 bits per heavy atom. The summed E-state index contributed by atoms with van der Waals surface area (Å²) in [6.07, 6.45) is 7.74. The molecule has 0 radical (unpaired) electrons. The van der Waals surface area contributed by atoms with Gasteiger partial charge in [-0.2, -0.15) is 0 Å². The van der Waals surface area contributed by atoms with Gasteiger partial charge in [0.25, 0.3) is 5.91 Å². The minimum absolute atomic E-state index is 0.0554. The monoisotopic (exact) mass is 306 g/mol. The van der Waals surface area contributed by atoms with E-state index in [9.17, 15) is 4.79 Å². The van der Waals surface area contributed by atoms with E-state index >= 15 is 0 Å². The molecule has 1 aromatic rings. The van der Waals surface area contributed by atoms with Gasteiger partial charge in [-0.25, -0.2) is 4.98 Å². The van der Waals surface area contributed by atoms with Gasteiger partial charge in [0.05, 0.1) is 0 Å². The van der Waals surface area contributed by atoms with Crippen LogP contribution in [0.25, 0.3) is 0 Å². The molecule has 114 valence electrons. The first kappa shape index (κ1) is 13.4. The molecular formula is C15H22N4OS. The molecule has 3 fully saturated rings. The predicted octanol–water partition coefficient (Wildman–Crippen LogP) is 2.47. The van der Waals surface area contributed by atoms with Gasteiger partial charge in [0, 0.05) is 12.6 Å². The SMILES string of the molecule is Nc1nc(NC2CC2)sc1C(=O)NCC(C1CC1)C1CC1. The molecule has 6 heteroatoms. The molecule has 3 saturated carbocycles. The molecule has 0 unspecified atom stereocenters. The van der Waals surface area contributed by atoms with Crippen LogP contribution in [-0.2, 0) is 0 Å². The summed E-state index contributed by atoms with van der Waals surface area (Å²) in [5.41, 5.74) is 5.89. The number of amides is 1. The molecular weight excluding hydrogens is 284 g/mol. The van der Waals surface area contributed by atoms with Gasteiger partial charge in [0.15, 0.2) is 5.13 Å². The highest BCUT2D eigenvalue weighted by atomic mass is 32.1. The van der Waals surface area contributed by atoms with Crippen molar-refractivity contribution in [3.8, 4) is 0 Å². The molecule has 1 heterocycles. The van der Waals surface area contributed by atoms with Crippen molar-refractivity contribution in [3.05, 3.63) is 4.88 Å². The first-order valence-corrected chi connectivity index (χ1v) is 8.83. The van der Waals surface area contributed by atoms with Gasteiger partial charge in [-0.3, -0.25) is 4.79 Å². The van der Waals surface area contributed by atoms with Crippen molar-refractivity contribution < 1.29 is 4.79 Å². The zero-order valence-corrected chi connectivity index (χ0v) is 12.9. The number of nitrogens with two attached hydrogens (primary N) is 1. The summed E-state index contributed by atoms with van der Waals surface area (Å²) in [7, 11) is 0. The number of aromatic nitrogens is 1. The van der Waals surface area contributed by atoms with E-state index in [4.69, 9.17) is 5.73 Å². The van der Waals surface area contributed by atoms with Crippen molar-refractivity contribution in [2.75, 3.05) is 17.6 Å². The summed E-state index contributed by atoms with van der Waals surface area (Å²) >= 11 is 1.38. The summed E-state index contributed by atoms with van der Waals surface area (Å²) in [6, 6.07) is 0.528. The van der Waals surface area contributed by atoms with E-state index in [1.54, 1.807) is 0 Å². The lowest BCUT2D eigenvalue weighted by molar-refractivity contribution is 0.0948. The fourth-order valence-corrected chi connectivity index (χ4v) is 3.89. The predicted molar refractivity (Wildman–Crippen MR) is 84.4 cm³/mol. The second-order valence-electron chi connectivity index (χ2n) is 6.70. The zero-order chi connectivity index (χ0) is 14.4. The van der Waals surface area contributed by atoms with Gasteiger partial charge in [0.2, 0.25) is 0 Å². The van der Waals surface area contributed by atoms with Crippen LogP contribution in [0.2, 0.25) is 0 Å². The molecule has 0 saturated heterocycles. The van der Waals surface area contributed by atoms with Gasteiger partial charge in [0.1, 0.15) is 10.7 Å². The summed E-state index contributed by atoms with van der Waals surface area (Å²) in [5, 5.41) is 7.17. The van der Waals surface area contributed by atoms with Crippen molar-refractivity contribution >= 4 is 28.2 Å². The van der Waals surface area contributed by atoms with Crippen LogP contribution in [0.5, 0.6) is 0 Å². The number of thiazole rings is 1. The molecule has 3 aliphatic rings.